The van der Waals surface area contributed by atoms with Crippen LogP contribution in [0.3, 0.4) is 0 Å². The molecule has 2 heterocycles. The third-order valence-electron chi connectivity index (χ3n) is 3.46. The summed E-state index contributed by atoms with van der Waals surface area (Å²) < 4.78 is 3.38. The number of hydrogen-bond acceptors (Lipinski definition) is 5. The molecule has 24 heavy (non-hydrogen) atoms. The van der Waals surface area contributed by atoms with Crippen molar-refractivity contribution < 1.29 is 4.79 Å². The molecule has 2 aromatic heterocycles. The van der Waals surface area contributed by atoms with Crippen molar-refractivity contribution >= 4 is 11.7 Å². The summed E-state index contributed by atoms with van der Waals surface area (Å²) in [5, 5.41) is 18.2. The summed E-state index contributed by atoms with van der Waals surface area (Å²) in [7, 11) is 0. The van der Waals surface area contributed by atoms with Crippen LogP contribution in [-0.4, -0.2) is 35.9 Å². The van der Waals surface area contributed by atoms with Crippen LogP contribution < -0.4 is 5.32 Å². The number of hydrogen-bond donors (Lipinski definition) is 1. The van der Waals surface area contributed by atoms with Crippen molar-refractivity contribution in [3.05, 3.63) is 48.4 Å². The summed E-state index contributed by atoms with van der Waals surface area (Å²) in [6.07, 6.45) is 3.65. The summed E-state index contributed by atoms with van der Waals surface area (Å²) in [6.45, 7) is 6.16. The van der Waals surface area contributed by atoms with Gasteiger partial charge < -0.3 is 5.32 Å². The van der Waals surface area contributed by atoms with E-state index in [2.05, 4.69) is 46.7 Å². The van der Waals surface area contributed by atoms with Gasteiger partial charge >= 0.3 is 0 Å². The molecular weight excluding hydrogens is 306 g/mol. The van der Waals surface area contributed by atoms with Crippen molar-refractivity contribution in [3.63, 3.8) is 0 Å². The lowest BCUT2D eigenvalue weighted by Crippen LogP contribution is -2.23. The Morgan fingerprint density at radius 3 is 2.50 bits per heavy atom. The van der Waals surface area contributed by atoms with Crippen molar-refractivity contribution in [2.24, 2.45) is 0 Å². The fraction of sp³-hybridized carbons (Fsp3) is 0.312. The molecule has 0 aliphatic carbocycles. The average molecular weight is 325 g/mol. The first kappa shape index (κ1) is 15.9. The summed E-state index contributed by atoms with van der Waals surface area (Å²) in [6, 6.07) is 9.29. The number of aromatic nitrogens is 6. The van der Waals surface area contributed by atoms with E-state index in [1.807, 2.05) is 35.1 Å². The standard InChI is InChI=1S/C16H19N7O/c1-16(2,3)23-9-8-14(19-23)18-15(24)10-12-4-6-13(7-5-12)22-11-17-20-21-22/h4-9,11H,10H2,1-3H3,(H,18,19,24). The van der Waals surface area contributed by atoms with Crippen LogP contribution >= 0.6 is 0 Å². The molecule has 0 radical (unpaired) electrons. The van der Waals surface area contributed by atoms with Gasteiger partial charge in [0.2, 0.25) is 5.91 Å². The van der Waals surface area contributed by atoms with Gasteiger partial charge in [-0.2, -0.15) is 5.10 Å². The first-order chi connectivity index (χ1) is 11.4. The molecular formula is C16H19N7O. The van der Waals surface area contributed by atoms with E-state index in [0.717, 1.165) is 11.3 Å². The van der Waals surface area contributed by atoms with E-state index in [4.69, 9.17) is 0 Å². The normalized spacial score (nSPS) is 11.5. The zero-order valence-corrected chi connectivity index (χ0v) is 13.8. The second-order valence-corrected chi connectivity index (χ2v) is 6.46. The van der Waals surface area contributed by atoms with Gasteiger partial charge in [-0.25, -0.2) is 4.68 Å². The summed E-state index contributed by atoms with van der Waals surface area (Å²) in [4.78, 5) is 12.2. The molecule has 3 aromatic rings. The third-order valence-corrected chi connectivity index (χ3v) is 3.46. The predicted molar refractivity (Wildman–Crippen MR) is 88.7 cm³/mol. The molecule has 8 nitrogen and oxygen atoms in total. The molecule has 0 aliphatic heterocycles. The SMILES string of the molecule is CC(C)(C)n1ccc(NC(=O)Cc2ccc(-n3cnnn3)cc2)n1. The Morgan fingerprint density at radius 2 is 1.92 bits per heavy atom. The van der Waals surface area contributed by atoms with Crippen LogP contribution in [0.25, 0.3) is 5.69 Å². The minimum atomic E-state index is -0.116. The Balaban J connectivity index is 1.61. The quantitative estimate of drug-likeness (QED) is 0.790. The highest BCUT2D eigenvalue weighted by Crippen LogP contribution is 2.15. The number of nitrogens with one attached hydrogen (secondary N) is 1. The predicted octanol–water partition coefficient (Wildman–Crippen LogP) is 1.79. The smallest absolute Gasteiger partial charge is 0.229 e. The van der Waals surface area contributed by atoms with Crippen molar-refractivity contribution in [1.29, 1.82) is 0 Å². The third kappa shape index (κ3) is 3.65. The van der Waals surface area contributed by atoms with E-state index < -0.39 is 0 Å². The first-order valence-corrected chi connectivity index (χ1v) is 7.60. The van der Waals surface area contributed by atoms with Crippen molar-refractivity contribution in [3.8, 4) is 5.69 Å². The number of nitrogens with zero attached hydrogens (tertiary/aromatic N) is 6. The number of anilines is 1. The summed E-state index contributed by atoms with van der Waals surface area (Å²) in [5.74, 6) is 0.449. The number of rotatable bonds is 4. The number of carbonyl (C=O) groups excluding carboxylic acids is 1. The van der Waals surface area contributed by atoms with Gasteiger partial charge in [0, 0.05) is 12.3 Å². The Hall–Kier alpha value is -3.03. The second kappa shape index (κ2) is 6.23. The molecule has 0 aliphatic rings. The number of carbonyl (C=O) groups is 1. The monoisotopic (exact) mass is 325 g/mol. The molecule has 1 amide bonds. The Morgan fingerprint density at radius 1 is 1.17 bits per heavy atom. The van der Waals surface area contributed by atoms with Gasteiger partial charge in [-0.3, -0.25) is 9.48 Å². The molecule has 0 spiro atoms. The van der Waals surface area contributed by atoms with Crippen molar-refractivity contribution in [2.45, 2.75) is 32.7 Å². The molecule has 0 saturated carbocycles. The lowest BCUT2D eigenvalue weighted by molar-refractivity contribution is -0.115. The van der Waals surface area contributed by atoms with Gasteiger partial charge in [0.05, 0.1) is 17.6 Å². The zero-order chi connectivity index (χ0) is 17.2. The maximum Gasteiger partial charge on any atom is 0.229 e. The largest absolute Gasteiger partial charge is 0.309 e. The molecule has 0 saturated heterocycles. The van der Waals surface area contributed by atoms with E-state index in [1.54, 1.807) is 10.7 Å². The van der Waals surface area contributed by atoms with Gasteiger partial charge in [-0.1, -0.05) is 12.1 Å². The Bertz CT molecular complexity index is 813. The highest BCUT2D eigenvalue weighted by atomic mass is 16.1. The molecule has 3 rings (SSSR count). The number of amides is 1. The lowest BCUT2D eigenvalue weighted by atomic mass is 10.1. The van der Waals surface area contributed by atoms with E-state index in [-0.39, 0.29) is 17.9 Å². The molecule has 0 unspecified atom stereocenters. The molecule has 124 valence electrons. The van der Waals surface area contributed by atoms with E-state index >= 15 is 0 Å². The average Bonchev–Trinajstić information content (AvgIpc) is 3.18. The first-order valence-electron chi connectivity index (χ1n) is 7.60. The minimum Gasteiger partial charge on any atom is -0.309 e. The van der Waals surface area contributed by atoms with E-state index in [9.17, 15) is 4.79 Å². The zero-order valence-electron chi connectivity index (χ0n) is 13.8. The van der Waals surface area contributed by atoms with Crippen molar-refractivity contribution in [2.75, 3.05) is 5.32 Å². The fourth-order valence-electron chi connectivity index (χ4n) is 2.18. The van der Waals surface area contributed by atoms with Crippen LogP contribution in [0.15, 0.2) is 42.9 Å². The topological polar surface area (TPSA) is 90.5 Å². The highest BCUT2D eigenvalue weighted by molar-refractivity contribution is 5.91. The molecule has 0 bridgehead atoms. The van der Waals surface area contributed by atoms with Gasteiger partial charge in [-0.15, -0.1) is 5.10 Å². The Kier molecular flexibility index (Phi) is 4.11. The molecule has 1 aromatic carbocycles. The van der Waals surface area contributed by atoms with Gasteiger partial charge in [0.15, 0.2) is 5.82 Å². The summed E-state index contributed by atoms with van der Waals surface area (Å²) in [5.41, 5.74) is 1.63. The van der Waals surface area contributed by atoms with E-state index in [0.29, 0.717) is 5.82 Å². The molecule has 0 atom stereocenters. The lowest BCUT2D eigenvalue weighted by Gasteiger charge is -2.18. The van der Waals surface area contributed by atoms with Crippen LogP contribution in [0, 0.1) is 0 Å². The summed E-state index contributed by atoms with van der Waals surface area (Å²) >= 11 is 0. The van der Waals surface area contributed by atoms with Crippen LogP contribution in [0.5, 0.6) is 0 Å². The molecule has 0 fully saturated rings. The number of tetrazole rings is 1. The highest BCUT2D eigenvalue weighted by Gasteiger charge is 2.15. The number of benzene rings is 1. The Labute approximate surface area is 139 Å². The van der Waals surface area contributed by atoms with Gasteiger partial charge in [0.25, 0.3) is 0 Å². The minimum absolute atomic E-state index is 0.107. The van der Waals surface area contributed by atoms with E-state index in [1.165, 1.54) is 6.33 Å². The van der Waals surface area contributed by atoms with Crippen LogP contribution in [0.1, 0.15) is 26.3 Å². The van der Waals surface area contributed by atoms with Crippen molar-refractivity contribution in [1.82, 2.24) is 30.0 Å². The van der Waals surface area contributed by atoms with Gasteiger partial charge in [0.1, 0.15) is 6.33 Å². The van der Waals surface area contributed by atoms with Crippen LogP contribution in [-0.2, 0) is 16.8 Å². The van der Waals surface area contributed by atoms with Crippen LogP contribution in [0.2, 0.25) is 0 Å². The van der Waals surface area contributed by atoms with Crippen LogP contribution in [0.4, 0.5) is 5.82 Å². The van der Waals surface area contributed by atoms with Gasteiger partial charge in [-0.05, 0) is 48.9 Å². The fourth-order valence-corrected chi connectivity index (χ4v) is 2.18. The molecule has 1 N–H and O–H groups in total. The second-order valence-electron chi connectivity index (χ2n) is 6.46. The molecule has 8 heteroatoms. The maximum absolute atomic E-state index is 12.2. The maximum atomic E-state index is 12.2.